The Hall–Kier alpha value is -4.31. The smallest absolute Gasteiger partial charge is 0.183 e. The third-order valence-corrected chi connectivity index (χ3v) is 5.72. The van der Waals surface area contributed by atoms with E-state index in [-0.39, 0.29) is 12.0 Å². The number of hydrogen-bond donors (Lipinski definition) is 1. The number of anilines is 1. The molecule has 4 aromatic rings. The number of aromatic nitrogens is 7. The van der Waals surface area contributed by atoms with Gasteiger partial charge in [-0.1, -0.05) is 0 Å². The van der Waals surface area contributed by atoms with Crippen LogP contribution in [0, 0.1) is 28.6 Å². The third kappa shape index (κ3) is 3.34. The van der Waals surface area contributed by atoms with Crippen molar-refractivity contribution in [2.24, 2.45) is 5.92 Å². The number of nitrogens with zero attached hydrogens (tertiary/aromatic N) is 9. The lowest BCUT2D eigenvalue weighted by molar-refractivity contribution is 0.332. The monoisotopic (exact) mass is 410 g/mol. The van der Waals surface area contributed by atoms with E-state index in [0.29, 0.717) is 24.5 Å². The van der Waals surface area contributed by atoms with Crippen LogP contribution in [0.3, 0.4) is 0 Å². The van der Waals surface area contributed by atoms with E-state index in [2.05, 4.69) is 47.1 Å². The maximum absolute atomic E-state index is 9.47. The summed E-state index contributed by atoms with van der Waals surface area (Å²) >= 11 is 0. The van der Waals surface area contributed by atoms with E-state index in [9.17, 15) is 10.5 Å². The molecule has 152 valence electrons. The molecule has 1 fully saturated rings. The summed E-state index contributed by atoms with van der Waals surface area (Å²) < 4.78 is 1.87. The summed E-state index contributed by atoms with van der Waals surface area (Å²) in [7, 11) is 0. The fraction of sp³-hybridized carbons (Fsp3) is 0.286. The number of H-pyrrole nitrogens is 1. The molecule has 5 rings (SSSR count). The minimum absolute atomic E-state index is 0.0884. The zero-order valence-corrected chi connectivity index (χ0v) is 16.5. The van der Waals surface area contributed by atoms with E-state index in [1.54, 1.807) is 12.4 Å². The Balaban J connectivity index is 1.42. The van der Waals surface area contributed by atoms with Crippen molar-refractivity contribution in [1.82, 2.24) is 34.7 Å². The first-order chi connectivity index (χ1) is 15.3. The predicted molar refractivity (Wildman–Crippen MR) is 111 cm³/mol. The zero-order chi connectivity index (χ0) is 21.2. The summed E-state index contributed by atoms with van der Waals surface area (Å²) in [5.74, 6) is 0.791. The number of nitrogens with one attached hydrogen (secondary N) is 1. The summed E-state index contributed by atoms with van der Waals surface area (Å²) in [6, 6.07) is 6.27. The SMILES string of the molecule is N#CC[C@@H]([C@H]1CCN(c2nccnc2C#N)C1)n1cc(-c2ncnc3[nH]ccc23)cn1. The van der Waals surface area contributed by atoms with Crippen molar-refractivity contribution < 1.29 is 0 Å². The van der Waals surface area contributed by atoms with E-state index in [1.807, 2.05) is 23.1 Å². The van der Waals surface area contributed by atoms with Crippen molar-refractivity contribution in [3.05, 3.63) is 49.1 Å². The first-order valence-corrected chi connectivity index (χ1v) is 9.94. The number of hydrogen-bond acceptors (Lipinski definition) is 8. The largest absolute Gasteiger partial charge is 0.354 e. The van der Waals surface area contributed by atoms with Crippen LogP contribution in [0.1, 0.15) is 24.6 Å². The van der Waals surface area contributed by atoms with Gasteiger partial charge in [0.25, 0.3) is 0 Å². The van der Waals surface area contributed by atoms with Crippen LogP contribution in [0.15, 0.2) is 43.4 Å². The van der Waals surface area contributed by atoms with Crippen LogP contribution in [-0.2, 0) is 0 Å². The standard InChI is InChI=1S/C21H18N10/c22-4-1-18(14-3-8-30(11-14)21-17(9-23)24-6-7-26-21)31-12-15(10-29-31)19-16-2-5-25-20(16)28-13-27-19/h2,5-7,10,12-14,18H,1,3,8,11H2,(H,25,27,28)/t14-,18-/m0/s1. The van der Waals surface area contributed by atoms with Gasteiger partial charge in [0.2, 0.25) is 0 Å². The number of fused-ring (bicyclic) bond motifs is 1. The second-order valence-electron chi connectivity index (χ2n) is 7.44. The first-order valence-electron chi connectivity index (χ1n) is 9.94. The molecule has 0 spiro atoms. The molecular formula is C21H18N10. The molecule has 1 aliphatic rings. The molecule has 0 aliphatic carbocycles. The minimum atomic E-state index is -0.0884. The van der Waals surface area contributed by atoms with E-state index in [4.69, 9.17) is 0 Å². The Morgan fingerprint density at radius 1 is 1.19 bits per heavy atom. The van der Waals surface area contributed by atoms with Gasteiger partial charge in [0.1, 0.15) is 18.0 Å². The average molecular weight is 410 g/mol. The Bertz CT molecular complexity index is 1310. The van der Waals surface area contributed by atoms with Crippen molar-refractivity contribution in [1.29, 1.82) is 10.5 Å². The molecule has 10 heteroatoms. The highest BCUT2D eigenvalue weighted by Gasteiger charge is 2.33. The third-order valence-electron chi connectivity index (χ3n) is 5.72. The molecule has 0 aromatic carbocycles. The van der Waals surface area contributed by atoms with Gasteiger partial charge in [-0.3, -0.25) is 4.68 Å². The van der Waals surface area contributed by atoms with Gasteiger partial charge in [0.05, 0.1) is 30.4 Å². The number of rotatable bonds is 5. The van der Waals surface area contributed by atoms with Gasteiger partial charge in [0.15, 0.2) is 11.5 Å². The summed E-state index contributed by atoms with van der Waals surface area (Å²) in [5, 5.41) is 24.3. The second kappa shape index (κ2) is 7.84. The minimum Gasteiger partial charge on any atom is -0.354 e. The lowest BCUT2D eigenvalue weighted by Gasteiger charge is -2.23. The molecule has 5 heterocycles. The average Bonchev–Trinajstić information content (AvgIpc) is 3.57. The van der Waals surface area contributed by atoms with Crippen LogP contribution < -0.4 is 4.90 Å². The van der Waals surface area contributed by atoms with Crippen LogP contribution in [0.5, 0.6) is 0 Å². The van der Waals surface area contributed by atoms with E-state index < -0.39 is 0 Å². The van der Waals surface area contributed by atoms with E-state index >= 15 is 0 Å². The van der Waals surface area contributed by atoms with Gasteiger partial charge in [-0.2, -0.15) is 15.6 Å². The molecule has 10 nitrogen and oxygen atoms in total. The van der Waals surface area contributed by atoms with Crippen LogP contribution >= 0.6 is 0 Å². The second-order valence-corrected chi connectivity index (χ2v) is 7.44. The molecule has 0 amide bonds. The number of nitriles is 2. The maximum Gasteiger partial charge on any atom is 0.183 e. The lowest BCUT2D eigenvalue weighted by atomic mass is 9.96. The van der Waals surface area contributed by atoms with Crippen molar-refractivity contribution in [2.45, 2.75) is 18.9 Å². The van der Waals surface area contributed by atoms with Crippen molar-refractivity contribution in [3.8, 4) is 23.4 Å². The Labute approximate surface area is 177 Å². The molecule has 31 heavy (non-hydrogen) atoms. The first kappa shape index (κ1) is 18.7. The molecule has 2 atom stereocenters. The van der Waals surface area contributed by atoms with E-state index in [1.165, 1.54) is 12.5 Å². The normalized spacial score (nSPS) is 16.8. The highest BCUT2D eigenvalue weighted by atomic mass is 15.3. The number of aromatic amines is 1. The van der Waals surface area contributed by atoms with Gasteiger partial charge in [-0.05, 0) is 12.5 Å². The summed E-state index contributed by atoms with van der Waals surface area (Å²) in [5.41, 5.74) is 2.78. The molecule has 4 aromatic heterocycles. The molecule has 0 bridgehead atoms. The van der Waals surface area contributed by atoms with Crippen molar-refractivity contribution in [2.75, 3.05) is 18.0 Å². The molecule has 0 radical (unpaired) electrons. The lowest BCUT2D eigenvalue weighted by Crippen LogP contribution is -2.26. The molecule has 1 aliphatic heterocycles. The van der Waals surface area contributed by atoms with Crippen LogP contribution in [-0.4, -0.2) is 47.8 Å². The highest BCUT2D eigenvalue weighted by molar-refractivity contribution is 5.89. The Morgan fingerprint density at radius 2 is 2.10 bits per heavy atom. The quantitative estimate of drug-likeness (QED) is 0.530. The summed E-state index contributed by atoms with van der Waals surface area (Å²) in [4.78, 5) is 22.3. The van der Waals surface area contributed by atoms with Crippen molar-refractivity contribution >= 4 is 16.9 Å². The molecular weight excluding hydrogens is 392 g/mol. The van der Waals surface area contributed by atoms with Crippen LogP contribution in [0.2, 0.25) is 0 Å². The van der Waals surface area contributed by atoms with Gasteiger partial charge < -0.3 is 9.88 Å². The van der Waals surface area contributed by atoms with Crippen LogP contribution in [0.4, 0.5) is 5.82 Å². The molecule has 1 saturated heterocycles. The highest BCUT2D eigenvalue weighted by Crippen LogP contribution is 2.34. The van der Waals surface area contributed by atoms with E-state index in [0.717, 1.165) is 35.3 Å². The summed E-state index contributed by atoms with van der Waals surface area (Å²) in [6.45, 7) is 1.44. The zero-order valence-electron chi connectivity index (χ0n) is 16.5. The Morgan fingerprint density at radius 3 is 2.97 bits per heavy atom. The summed E-state index contributed by atoms with van der Waals surface area (Å²) in [6.07, 6.45) is 11.4. The van der Waals surface area contributed by atoms with Gasteiger partial charge >= 0.3 is 0 Å². The van der Waals surface area contributed by atoms with Crippen LogP contribution in [0.25, 0.3) is 22.3 Å². The molecule has 0 unspecified atom stereocenters. The van der Waals surface area contributed by atoms with Gasteiger partial charge in [-0.15, -0.1) is 0 Å². The fourth-order valence-corrected chi connectivity index (χ4v) is 4.25. The van der Waals surface area contributed by atoms with Gasteiger partial charge in [0, 0.05) is 54.7 Å². The molecule has 0 saturated carbocycles. The topological polar surface area (TPSA) is 136 Å². The maximum atomic E-state index is 9.47. The Kier molecular flexibility index (Phi) is 4.73. The van der Waals surface area contributed by atoms with Crippen molar-refractivity contribution in [3.63, 3.8) is 0 Å². The fourth-order valence-electron chi connectivity index (χ4n) is 4.25. The molecule has 1 N–H and O–H groups in total. The van der Waals surface area contributed by atoms with Gasteiger partial charge in [-0.25, -0.2) is 19.9 Å². The predicted octanol–water partition coefficient (Wildman–Crippen LogP) is 2.46.